The lowest BCUT2D eigenvalue weighted by molar-refractivity contribution is -0.131. The summed E-state index contributed by atoms with van der Waals surface area (Å²) in [6.07, 6.45) is 4.22. The number of aryl methyl sites for hydroxylation is 1. The van der Waals surface area contributed by atoms with Crippen LogP contribution in [0.15, 0.2) is 42.6 Å². The zero-order valence-corrected chi connectivity index (χ0v) is 13.5. The van der Waals surface area contributed by atoms with E-state index in [0.717, 1.165) is 11.6 Å². The number of carbonyl (C=O) groups is 2. The van der Waals surface area contributed by atoms with Crippen molar-refractivity contribution in [1.82, 2.24) is 4.57 Å². The minimum absolute atomic E-state index is 0.217. The molecule has 2 rings (SSSR count). The van der Waals surface area contributed by atoms with Gasteiger partial charge in [-0.15, -0.1) is 0 Å². The fraction of sp³-hybridized carbons (Fsp3) is 0.176. The van der Waals surface area contributed by atoms with Gasteiger partial charge in [0.2, 0.25) is 5.91 Å². The average molecular weight is 333 g/mol. The van der Waals surface area contributed by atoms with Crippen molar-refractivity contribution in [2.24, 2.45) is 0 Å². The second-order valence-corrected chi connectivity index (χ2v) is 5.55. The van der Waals surface area contributed by atoms with Crippen molar-refractivity contribution in [3.05, 3.63) is 58.9 Å². The number of anilines is 1. The molecule has 1 aromatic carbocycles. The first kappa shape index (κ1) is 16.8. The van der Waals surface area contributed by atoms with Crippen LogP contribution in [-0.2, 0) is 9.59 Å². The van der Waals surface area contributed by atoms with Gasteiger partial charge in [-0.1, -0.05) is 17.7 Å². The number of aromatic nitrogens is 1. The van der Waals surface area contributed by atoms with Crippen LogP contribution < -0.4 is 5.32 Å². The van der Waals surface area contributed by atoms with E-state index in [1.165, 1.54) is 6.08 Å². The highest BCUT2D eigenvalue weighted by Gasteiger charge is 2.16. The predicted molar refractivity (Wildman–Crippen MR) is 90.6 cm³/mol. The molecule has 5 nitrogen and oxygen atoms in total. The van der Waals surface area contributed by atoms with Gasteiger partial charge in [0.05, 0.1) is 0 Å². The molecule has 0 spiro atoms. The Balaban J connectivity index is 2.15. The van der Waals surface area contributed by atoms with Gasteiger partial charge < -0.3 is 15.0 Å². The molecule has 0 radical (unpaired) electrons. The highest BCUT2D eigenvalue weighted by molar-refractivity contribution is 6.31. The third-order valence-electron chi connectivity index (χ3n) is 3.44. The van der Waals surface area contributed by atoms with Gasteiger partial charge in [-0.3, -0.25) is 4.79 Å². The molecule has 2 N–H and O–H groups in total. The van der Waals surface area contributed by atoms with E-state index >= 15 is 0 Å². The topological polar surface area (TPSA) is 71.3 Å². The fourth-order valence-corrected chi connectivity index (χ4v) is 2.28. The molecule has 0 fully saturated rings. The van der Waals surface area contributed by atoms with Crippen LogP contribution in [0.4, 0.5) is 5.69 Å². The van der Waals surface area contributed by atoms with E-state index in [2.05, 4.69) is 5.32 Å². The Morgan fingerprint density at radius 1 is 1.35 bits per heavy atom. The van der Waals surface area contributed by atoms with Crippen molar-refractivity contribution in [2.45, 2.75) is 19.9 Å². The molecular formula is C17H17ClN2O3. The van der Waals surface area contributed by atoms with Gasteiger partial charge in [-0.2, -0.15) is 0 Å². The maximum absolute atomic E-state index is 12.4. The first-order chi connectivity index (χ1) is 10.9. The van der Waals surface area contributed by atoms with Gasteiger partial charge in [-0.05, 0) is 49.8 Å². The van der Waals surface area contributed by atoms with Crippen LogP contribution in [0, 0.1) is 6.92 Å². The summed E-state index contributed by atoms with van der Waals surface area (Å²) in [5, 5.41) is 12.1. The van der Waals surface area contributed by atoms with E-state index in [-0.39, 0.29) is 5.91 Å². The van der Waals surface area contributed by atoms with E-state index in [1.54, 1.807) is 42.0 Å². The molecule has 23 heavy (non-hydrogen) atoms. The number of carboxylic acid groups (broad SMARTS) is 1. The molecule has 0 aliphatic carbocycles. The van der Waals surface area contributed by atoms with E-state index < -0.39 is 12.0 Å². The number of nitrogens with zero attached hydrogens (tertiary/aromatic N) is 1. The van der Waals surface area contributed by atoms with Gasteiger partial charge >= 0.3 is 5.97 Å². The number of rotatable bonds is 5. The largest absolute Gasteiger partial charge is 0.478 e. The van der Waals surface area contributed by atoms with Gasteiger partial charge in [-0.25, -0.2) is 4.79 Å². The monoisotopic (exact) mass is 332 g/mol. The van der Waals surface area contributed by atoms with Crippen LogP contribution in [-0.4, -0.2) is 21.6 Å². The molecule has 1 aromatic heterocycles. The zero-order valence-electron chi connectivity index (χ0n) is 12.8. The molecule has 0 saturated heterocycles. The minimum atomic E-state index is -1.04. The molecule has 1 amide bonds. The second-order valence-electron chi connectivity index (χ2n) is 5.14. The highest BCUT2D eigenvalue weighted by Crippen LogP contribution is 2.21. The predicted octanol–water partition coefficient (Wildman–Crippen LogP) is 3.75. The molecule has 0 bridgehead atoms. The molecular weight excluding hydrogens is 316 g/mol. The van der Waals surface area contributed by atoms with Gasteiger partial charge in [0.1, 0.15) is 6.04 Å². The Morgan fingerprint density at radius 3 is 2.74 bits per heavy atom. The summed E-state index contributed by atoms with van der Waals surface area (Å²) in [4.78, 5) is 23.0. The SMILES string of the molecule is Cc1ccc(NC(=O)C(C)n2cccc2/C=C/C(=O)O)cc1Cl. The molecule has 2 aromatic rings. The van der Waals surface area contributed by atoms with Crippen LogP contribution in [0.3, 0.4) is 0 Å². The summed E-state index contributed by atoms with van der Waals surface area (Å²) in [6, 6.07) is 8.31. The zero-order chi connectivity index (χ0) is 17.0. The Morgan fingerprint density at radius 2 is 2.09 bits per heavy atom. The summed E-state index contributed by atoms with van der Waals surface area (Å²) in [5.41, 5.74) is 2.19. The number of benzene rings is 1. The van der Waals surface area contributed by atoms with E-state index in [0.29, 0.717) is 16.4 Å². The molecule has 1 atom stereocenters. The van der Waals surface area contributed by atoms with Crippen LogP contribution >= 0.6 is 11.6 Å². The number of carbonyl (C=O) groups excluding carboxylic acids is 1. The smallest absolute Gasteiger partial charge is 0.328 e. The van der Waals surface area contributed by atoms with Crippen LogP contribution in [0.1, 0.15) is 24.2 Å². The molecule has 6 heteroatoms. The fourth-order valence-electron chi connectivity index (χ4n) is 2.10. The lowest BCUT2D eigenvalue weighted by atomic mass is 10.2. The molecule has 120 valence electrons. The van der Waals surface area contributed by atoms with Crippen molar-refractivity contribution in [3.63, 3.8) is 0 Å². The number of hydrogen-bond donors (Lipinski definition) is 2. The second kappa shape index (κ2) is 7.15. The minimum Gasteiger partial charge on any atom is -0.478 e. The van der Waals surface area contributed by atoms with Crippen molar-refractivity contribution < 1.29 is 14.7 Å². The van der Waals surface area contributed by atoms with Gasteiger partial charge in [0.15, 0.2) is 0 Å². The van der Waals surface area contributed by atoms with Crippen LogP contribution in [0.25, 0.3) is 6.08 Å². The van der Waals surface area contributed by atoms with Gasteiger partial charge in [0.25, 0.3) is 0 Å². The normalized spacial score (nSPS) is 12.3. The third kappa shape index (κ3) is 4.23. The quantitative estimate of drug-likeness (QED) is 0.819. The number of nitrogens with one attached hydrogen (secondary N) is 1. The Bertz CT molecular complexity index is 765. The summed E-state index contributed by atoms with van der Waals surface area (Å²) in [5.74, 6) is -1.25. The van der Waals surface area contributed by atoms with E-state index in [4.69, 9.17) is 16.7 Å². The lowest BCUT2D eigenvalue weighted by Crippen LogP contribution is -2.23. The maximum Gasteiger partial charge on any atom is 0.328 e. The summed E-state index contributed by atoms with van der Waals surface area (Å²) >= 11 is 6.05. The highest BCUT2D eigenvalue weighted by atomic mass is 35.5. The molecule has 1 heterocycles. The molecule has 0 aliphatic rings. The Kier molecular flexibility index (Phi) is 5.24. The summed E-state index contributed by atoms with van der Waals surface area (Å²) in [7, 11) is 0. The lowest BCUT2D eigenvalue weighted by Gasteiger charge is -2.16. The average Bonchev–Trinajstić information content (AvgIpc) is 2.96. The van der Waals surface area contributed by atoms with Crippen LogP contribution in [0.5, 0.6) is 0 Å². The standard InChI is InChI=1S/C17H17ClN2O3/c1-11-5-6-13(10-15(11)18)19-17(23)12(2)20-9-3-4-14(20)7-8-16(21)22/h3-10,12H,1-2H3,(H,19,23)(H,21,22)/b8-7+. The Labute approximate surface area is 139 Å². The molecule has 1 unspecified atom stereocenters. The van der Waals surface area contributed by atoms with Crippen molar-refractivity contribution >= 4 is 35.2 Å². The number of halogens is 1. The van der Waals surface area contributed by atoms with Crippen molar-refractivity contribution in [2.75, 3.05) is 5.32 Å². The molecule has 0 aliphatic heterocycles. The third-order valence-corrected chi connectivity index (χ3v) is 3.85. The first-order valence-corrected chi connectivity index (χ1v) is 7.41. The maximum atomic E-state index is 12.4. The van der Waals surface area contributed by atoms with Crippen molar-refractivity contribution in [1.29, 1.82) is 0 Å². The van der Waals surface area contributed by atoms with E-state index in [9.17, 15) is 9.59 Å². The first-order valence-electron chi connectivity index (χ1n) is 7.03. The summed E-state index contributed by atoms with van der Waals surface area (Å²) in [6.45, 7) is 3.63. The number of carboxylic acids is 1. The number of hydrogen-bond acceptors (Lipinski definition) is 2. The van der Waals surface area contributed by atoms with Crippen LogP contribution in [0.2, 0.25) is 5.02 Å². The number of amides is 1. The summed E-state index contributed by atoms with van der Waals surface area (Å²) < 4.78 is 1.70. The van der Waals surface area contributed by atoms with Crippen molar-refractivity contribution in [3.8, 4) is 0 Å². The van der Waals surface area contributed by atoms with E-state index in [1.807, 2.05) is 13.0 Å². The van der Waals surface area contributed by atoms with Gasteiger partial charge in [0, 0.05) is 28.7 Å². The Hall–Kier alpha value is -2.53. The molecule has 0 saturated carbocycles. The number of aliphatic carboxylic acids is 1.